The predicted molar refractivity (Wildman–Crippen MR) is 132 cm³/mol. The van der Waals surface area contributed by atoms with E-state index in [1.807, 2.05) is 30.3 Å². The smallest absolute Gasteiger partial charge is 0.294 e. The number of para-hydroxylation sites is 1. The first-order chi connectivity index (χ1) is 17.4. The van der Waals surface area contributed by atoms with Crippen LogP contribution in [0, 0.1) is 11.6 Å². The Morgan fingerprint density at radius 2 is 1.64 bits per heavy atom. The molecule has 0 aromatic heterocycles. The van der Waals surface area contributed by atoms with Crippen molar-refractivity contribution in [2.75, 3.05) is 25.1 Å². The molecular weight excluding hydrogens is 490 g/mol. The second-order valence-corrected chi connectivity index (χ2v) is 8.52. The van der Waals surface area contributed by atoms with Gasteiger partial charge < -0.3 is 14.8 Å². The Bertz CT molecular complexity index is 1320. The van der Waals surface area contributed by atoms with Gasteiger partial charge in [0.05, 0.1) is 10.6 Å². The van der Waals surface area contributed by atoms with E-state index >= 15 is 0 Å². The number of rotatable bonds is 9. The first-order valence-corrected chi connectivity index (χ1v) is 11.6. The molecule has 1 saturated heterocycles. The number of carbonyl (C=O) groups is 3. The Morgan fingerprint density at radius 3 is 2.39 bits per heavy atom. The number of nitrogens with one attached hydrogen (secondary N) is 1. The maximum Gasteiger partial charge on any atom is 0.294 e. The maximum absolute atomic E-state index is 13.8. The van der Waals surface area contributed by atoms with E-state index in [-0.39, 0.29) is 10.6 Å². The van der Waals surface area contributed by atoms with Gasteiger partial charge in [0, 0.05) is 6.07 Å². The van der Waals surface area contributed by atoms with Gasteiger partial charge in [-0.05, 0) is 59.8 Å². The summed E-state index contributed by atoms with van der Waals surface area (Å²) >= 11 is 0.689. The molecule has 1 N–H and O–H groups in total. The van der Waals surface area contributed by atoms with E-state index < -0.39 is 35.2 Å². The molecule has 0 radical (unpaired) electrons. The van der Waals surface area contributed by atoms with Crippen LogP contribution in [0.4, 0.5) is 19.3 Å². The summed E-state index contributed by atoms with van der Waals surface area (Å²) in [6.45, 7) is 0.0407. The number of hydrogen-bond donors (Lipinski definition) is 1. The number of thioether (sulfide) groups is 1. The minimum absolute atomic E-state index is 0.130. The van der Waals surface area contributed by atoms with Gasteiger partial charge in [0.25, 0.3) is 11.1 Å². The highest BCUT2D eigenvalue weighted by Crippen LogP contribution is 2.32. The topological polar surface area (TPSA) is 84.9 Å². The van der Waals surface area contributed by atoms with Gasteiger partial charge in [0.15, 0.2) is 0 Å². The molecule has 0 spiro atoms. The number of hydrogen-bond acceptors (Lipinski definition) is 6. The van der Waals surface area contributed by atoms with Crippen molar-refractivity contribution in [2.24, 2.45) is 0 Å². The summed E-state index contributed by atoms with van der Waals surface area (Å²) in [4.78, 5) is 38.2. The first kappa shape index (κ1) is 24.9. The number of anilines is 1. The molecule has 7 nitrogen and oxygen atoms in total. The van der Waals surface area contributed by atoms with Gasteiger partial charge in [-0.2, -0.15) is 0 Å². The van der Waals surface area contributed by atoms with Crippen molar-refractivity contribution in [3.8, 4) is 11.5 Å². The molecule has 1 fully saturated rings. The normalized spacial score (nSPS) is 14.3. The summed E-state index contributed by atoms with van der Waals surface area (Å²) in [7, 11) is 0. The third-order valence-electron chi connectivity index (χ3n) is 4.90. The van der Waals surface area contributed by atoms with Gasteiger partial charge in [-0.25, -0.2) is 8.78 Å². The zero-order valence-corrected chi connectivity index (χ0v) is 19.6. The number of benzene rings is 3. The average Bonchev–Trinajstić information content (AvgIpc) is 3.12. The van der Waals surface area contributed by atoms with Crippen molar-refractivity contribution in [3.63, 3.8) is 0 Å². The van der Waals surface area contributed by atoms with Crippen LogP contribution in [0.2, 0.25) is 0 Å². The molecule has 4 rings (SSSR count). The number of carbonyl (C=O) groups excluding carboxylic acids is 3. The lowest BCUT2D eigenvalue weighted by Gasteiger charge is -2.12. The third-order valence-corrected chi connectivity index (χ3v) is 5.81. The monoisotopic (exact) mass is 510 g/mol. The van der Waals surface area contributed by atoms with E-state index in [0.717, 1.165) is 22.8 Å². The Morgan fingerprint density at radius 1 is 0.917 bits per heavy atom. The van der Waals surface area contributed by atoms with Crippen molar-refractivity contribution >= 4 is 40.6 Å². The molecular formula is C26H20F2N2O5S. The SMILES string of the molecule is O=C(CN1C(=O)S/C(=C/c2cccc(OCCOc3ccccc3)c2)C1=O)Nc1ccc(F)cc1F. The second kappa shape index (κ2) is 11.5. The second-order valence-electron chi connectivity index (χ2n) is 7.52. The fraction of sp³-hybridized carbons (Fsp3) is 0.115. The van der Waals surface area contributed by atoms with Crippen molar-refractivity contribution < 1.29 is 32.6 Å². The third kappa shape index (κ3) is 6.48. The quantitative estimate of drug-likeness (QED) is 0.319. The molecule has 10 heteroatoms. The van der Waals surface area contributed by atoms with Gasteiger partial charge in [-0.3, -0.25) is 19.3 Å². The van der Waals surface area contributed by atoms with Crippen LogP contribution in [-0.4, -0.2) is 41.7 Å². The number of imide groups is 1. The largest absolute Gasteiger partial charge is 0.490 e. The highest BCUT2D eigenvalue weighted by atomic mass is 32.2. The molecule has 3 aromatic rings. The Labute approximate surface area is 209 Å². The van der Waals surface area contributed by atoms with E-state index in [0.29, 0.717) is 42.4 Å². The predicted octanol–water partition coefficient (Wildman–Crippen LogP) is 5.10. The Balaban J connectivity index is 1.33. The zero-order chi connectivity index (χ0) is 25.5. The summed E-state index contributed by atoms with van der Waals surface area (Å²) in [6.07, 6.45) is 1.52. The van der Waals surface area contributed by atoms with Crippen LogP contribution in [0.25, 0.3) is 6.08 Å². The fourth-order valence-corrected chi connectivity index (χ4v) is 4.08. The average molecular weight is 511 g/mol. The number of halogens is 2. The minimum Gasteiger partial charge on any atom is -0.490 e. The van der Waals surface area contributed by atoms with E-state index in [2.05, 4.69) is 5.32 Å². The summed E-state index contributed by atoms with van der Waals surface area (Å²) in [6, 6.07) is 18.9. The Kier molecular flexibility index (Phi) is 7.96. The molecule has 0 aliphatic carbocycles. The van der Waals surface area contributed by atoms with Gasteiger partial charge in [0.2, 0.25) is 5.91 Å². The lowest BCUT2D eigenvalue weighted by atomic mass is 10.2. The van der Waals surface area contributed by atoms with Crippen LogP contribution >= 0.6 is 11.8 Å². The number of ether oxygens (including phenoxy) is 2. The Hall–Kier alpha value is -4.18. The molecule has 0 atom stereocenters. The van der Waals surface area contributed by atoms with Crippen molar-refractivity contribution in [2.45, 2.75) is 0 Å². The summed E-state index contributed by atoms with van der Waals surface area (Å²) in [5.74, 6) is -1.91. The van der Waals surface area contributed by atoms with E-state index in [1.54, 1.807) is 24.3 Å². The van der Waals surface area contributed by atoms with Crippen LogP contribution < -0.4 is 14.8 Å². The molecule has 1 aliphatic rings. The van der Waals surface area contributed by atoms with Crippen LogP contribution in [0.3, 0.4) is 0 Å². The van der Waals surface area contributed by atoms with Crippen LogP contribution in [-0.2, 0) is 9.59 Å². The molecule has 1 heterocycles. The van der Waals surface area contributed by atoms with E-state index in [9.17, 15) is 23.2 Å². The molecule has 36 heavy (non-hydrogen) atoms. The van der Waals surface area contributed by atoms with Gasteiger partial charge in [-0.1, -0.05) is 30.3 Å². The standard InChI is InChI=1S/C26H20F2N2O5S/c27-18-9-10-22(21(28)15-18)29-24(31)16-30-25(32)23(36-26(30)33)14-17-5-4-8-20(13-17)35-12-11-34-19-6-2-1-3-7-19/h1-10,13-15H,11-12,16H2,(H,29,31)/b23-14+. The van der Waals surface area contributed by atoms with Crippen LogP contribution in [0.15, 0.2) is 77.7 Å². The van der Waals surface area contributed by atoms with Crippen LogP contribution in [0.5, 0.6) is 11.5 Å². The maximum atomic E-state index is 13.8. The van der Waals surface area contributed by atoms with Gasteiger partial charge in [-0.15, -0.1) is 0 Å². The van der Waals surface area contributed by atoms with Crippen molar-refractivity contribution in [1.82, 2.24) is 4.90 Å². The van der Waals surface area contributed by atoms with E-state index in [4.69, 9.17) is 9.47 Å². The minimum atomic E-state index is -0.967. The van der Waals surface area contributed by atoms with Crippen molar-refractivity contribution in [1.29, 1.82) is 0 Å². The van der Waals surface area contributed by atoms with E-state index in [1.165, 1.54) is 6.08 Å². The summed E-state index contributed by atoms with van der Waals surface area (Å²) in [5, 5.41) is 1.60. The molecule has 184 valence electrons. The van der Waals surface area contributed by atoms with Crippen molar-refractivity contribution in [3.05, 3.63) is 94.9 Å². The molecule has 0 saturated carbocycles. The fourth-order valence-electron chi connectivity index (χ4n) is 3.24. The summed E-state index contributed by atoms with van der Waals surface area (Å²) < 4.78 is 38.1. The lowest BCUT2D eigenvalue weighted by Crippen LogP contribution is -2.36. The first-order valence-electron chi connectivity index (χ1n) is 10.8. The molecule has 3 amide bonds. The highest BCUT2D eigenvalue weighted by Gasteiger charge is 2.36. The molecule has 0 bridgehead atoms. The van der Waals surface area contributed by atoms with Crippen LogP contribution in [0.1, 0.15) is 5.56 Å². The zero-order valence-electron chi connectivity index (χ0n) is 18.8. The summed E-state index contributed by atoms with van der Waals surface area (Å²) in [5.41, 5.74) is 0.370. The molecule has 1 aliphatic heterocycles. The van der Waals surface area contributed by atoms with Gasteiger partial charge >= 0.3 is 0 Å². The molecule has 3 aromatic carbocycles. The number of nitrogens with zero attached hydrogens (tertiary/aromatic N) is 1. The van der Waals surface area contributed by atoms with Gasteiger partial charge in [0.1, 0.15) is 42.9 Å². The highest BCUT2D eigenvalue weighted by molar-refractivity contribution is 8.18. The lowest BCUT2D eigenvalue weighted by molar-refractivity contribution is -0.127. The number of amides is 3. The molecule has 0 unspecified atom stereocenters.